The van der Waals surface area contributed by atoms with Crippen molar-refractivity contribution in [2.24, 2.45) is 17.6 Å². The van der Waals surface area contributed by atoms with Gasteiger partial charge in [-0.25, -0.2) is 0 Å². The van der Waals surface area contributed by atoms with Crippen LogP contribution in [0.15, 0.2) is 0 Å². The third-order valence-corrected chi connectivity index (χ3v) is 2.85. The van der Waals surface area contributed by atoms with Crippen molar-refractivity contribution in [2.75, 3.05) is 0 Å². The molecule has 0 amide bonds. The molecule has 1 nitrogen and oxygen atoms in total. The summed E-state index contributed by atoms with van der Waals surface area (Å²) in [5.74, 6) is 1.67. The molecule has 1 aliphatic rings. The second-order valence-electron chi connectivity index (χ2n) is 3.78. The van der Waals surface area contributed by atoms with Crippen LogP contribution in [0.25, 0.3) is 0 Å². The van der Waals surface area contributed by atoms with E-state index in [1.54, 1.807) is 0 Å². The Morgan fingerprint density at radius 1 is 1.30 bits per heavy atom. The lowest BCUT2D eigenvalue weighted by atomic mass is 9.77. The SMILES string of the molecule is CC1CCCCC1[C@H](C)N. The van der Waals surface area contributed by atoms with E-state index in [-0.39, 0.29) is 0 Å². The maximum absolute atomic E-state index is 5.86. The first-order chi connectivity index (χ1) is 4.72. The molecular formula is C9H19N. The third-order valence-electron chi connectivity index (χ3n) is 2.85. The number of rotatable bonds is 1. The van der Waals surface area contributed by atoms with E-state index in [1.165, 1.54) is 25.7 Å². The molecule has 10 heavy (non-hydrogen) atoms. The maximum atomic E-state index is 5.86. The maximum Gasteiger partial charge on any atom is 0.00413 e. The van der Waals surface area contributed by atoms with E-state index in [4.69, 9.17) is 5.73 Å². The molecule has 0 spiro atoms. The Bertz CT molecular complexity index is 98.9. The standard InChI is InChI=1S/C9H19N/c1-7-5-3-4-6-9(7)8(2)10/h7-9H,3-6,10H2,1-2H3/t7?,8-,9?/m0/s1. The van der Waals surface area contributed by atoms with Gasteiger partial charge in [-0.2, -0.15) is 0 Å². The summed E-state index contributed by atoms with van der Waals surface area (Å²) in [6, 6.07) is 0.412. The van der Waals surface area contributed by atoms with Gasteiger partial charge in [-0.1, -0.05) is 26.2 Å². The first-order valence-corrected chi connectivity index (χ1v) is 4.47. The van der Waals surface area contributed by atoms with Gasteiger partial charge in [-0.05, 0) is 25.2 Å². The molecule has 1 rings (SSSR count). The van der Waals surface area contributed by atoms with E-state index in [0.717, 1.165) is 11.8 Å². The Hall–Kier alpha value is -0.0400. The van der Waals surface area contributed by atoms with Crippen molar-refractivity contribution in [2.45, 2.75) is 45.6 Å². The molecule has 0 aromatic heterocycles. The zero-order chi connectivity index (χ0) is 7.56. The van der Waals surface area contributed by atoms with Crippen LogP contribution in [0.2, 0.25) is 0 Å². The van der Waals surface area contributed by atoms with Crippen LogP contribution >= 0.6 is 0 Å². The predicted octanol–water partition coefficient (Wildman–Crippen LogP) is 2.16. The van der Waals surface area contributed by atoms with Crippen molar-refractivity contribution in [3.8, 4) is 0 Å². The van der Waals surface area contributed by atoms with Gasteiger partial charge >= 0.3 is 0 Å². The van der Waals surface area contributed by atoms with Crippen LogP contribution in [0.1, 0.15) is 39.5 Å². The van der Waals surface area contributed by atoms with E-state index >= 15 is 0 Å². The highest BCUT2D eigenvalue weighted by atomic mass is 14.6. The lowest BCUT2D eigenvalue weighted by molar-refractivity contribution is 0.225. The van der Waals surface area contributed by atoms with Crippen molar-refractivity contribution in [1.29, 1.82) is 0 Å². The van der Waals surface area contributed by atoms with Gasteiger partial charge in [0.1, 0.15) is 0 Å². The van der Waals surface area contributed by atoms with Crippen LogP contribution in [-0.2, 0) is 0 Å². The first kappa shape index (κ1) is 8.06. The van der Waals surface area contributed by atoms with Crippen LogP contribution in [-0.4, -0.2) is 6.04 Å². The summed E-state index contributed by atoms with van der Waals surface area (Å²) in [6.45, 7) is 4.49. The molecular weight excluding hydrogens is 122 g/mol. The summed E-state index contributed by atoms with van der Waals surface area (Å²) in [4.78, 5) is 0. The molecule has 0 bridgehead atoms. The molecule has 1 aliphatic carbocycles. The summed E-state index contributed by atoms with van der Waals surface area (Å²) in [5, 5.41) is 0. The molecule has 60 valence electrons. The minimum absolute atomic E-state index is 0.412. The number of nitrogens with two attached hydrogens (primary N) is 1. The van der Waals surface area contributed by atoms with Gasteiger partial charge in [0.05, 0.1) is 0 Å². The predicted molar refractivity (Wildman–Crippen MR) is 44.8 cm³/mol. The van der Waals surface area contributed by atoms with Gasteiger partial charge < -0.3 is 5.73 Å². The molecule has 2 N–H and O–H groups in total. The highest BCUT2D eigenvalue weighted by molar-refractivity contribution is 4.77. The van der Waals surface area contributed by atoms with Gasteiger partial charge in [0.15, 0.2) is 0 Å². The van der Waals surface area contributed by atoms with Crippen molar-refractivity contribution in [1.82, 2.24) is 0 Å². The molecule has 3 atom stereocenters. The topological polar surface area (TPSA) is 26.0 Å². The van der Waals surface area contributed by atoms with E-state index in [9.17, 15) is 0 Å². The second-order valence-corrected chi connectivity index (χ2v) is 3.78. The van der Waals surface area contributed by atoms with E-state index in [0.29, 0.717) is 6.04 Å². The monoisotopic (exact) mass is 141 g/mol. The van der Waals surface area contributed by atoms with Crippen LogP contribution in [0.4, 0.5) is 0 Å². The van der Waals surface area contributed by atoms with E-state index in [2.05, 4.69) is 13.8 Å². The lowest BCUT2D eigenvalue weighted by Crippen LogP contribution is -2.33. The molecule has 0 saturated heterocycles. The second kappa shape index (κ2) is 3.38. The molecule has 1 saturated carbocycles. The summed E-state index contributed by atoms with van der Waals surface area (Å²) in [7, 11) is 0. The molecule has 2 unspecified atom stereocenters. The summed E-state index contributed by atoms with van der Waals surface area (Å²) >= 11 is 0. The Morgan fingerprint density at radius 2 is 1.90 bits per heavy atom. The molecule has 0 aromatic carbocycles. The fourth-order valence-electron chi connectivity index (χ4n) is 2.13. The zero-order valence-corrected chi connectivity index (χ0v) is 7.14. The third kappa shape index (κ3) is 1.72. The smallest absolute Gasteiger partial charge is 0.00413 e. The van der Waals surface area contributed by atoms with E-state index < -0.39 is 0 Å². The van der Waals surface area contributed by atoms with Crippen molar-refractivity contribution >= 4 is 0 Å². The Balaban J connectivity index is 2.40. The summed E-state index contributed by atoms with van der Waals surface area (Å²) in [5.41, 5.74) is 5.86. The quantitative estimate of drug-likeness (QED) is 0.595. The fraction of sp³-hybridized carbons (Fsp3) is 1.00. The van der Waals surface area contributed by atoms with Gasteiger partial charge in [-0.3, -0.25) is 0 Å². The summed E-state index contributed by atoms with van der Waals surface area (Å²) in [6.07, 6.45) is 5.58. The Labute approximate surface area is 64.0 Å². The van der Waals surface area contributed by atoms with Crippen molar-refractivity contribution < 1.29 is 0 Å². The average molecular weight is 141 g/mol. The minimum atomic E-state index is 0.412. The van der Waals surface area contributed by atoms with Crippen LogP contribution < -0.4 is 5.73 Å². The van der Waals surface area contributed by atoms with Gasteiger partial charge in [0.25, 0.3) is 0 Å². The first-order valence-electron chi connectivity index (χ1n) is 4.47. The molecule has 0 radical (unpaired) electrons. The zero-order valence-electron chi connectivity index (χ0n) is 7.14. The Morgan fingerprint density at radius 3 is 2.30 bits per heavy atom. The number of hydrogen-bond acceptors (Lipinski definition) is 1. The fourth-order valence-corrected chi connectivity index (χ4v) is 2.13. The van der Waals surface area contributed by atoms with Crippen LogP contribution in [0, 0.1) is 11.8 Å². The van der Waals surface area contributed by atoms with Gasteiger partial charge in [-0.15, -0.1) is 0 Å². The van der Waals surface area contributed by atoms with Crippen LogP contribution in [0.5, 0.6) is 0 Å². The largest absolute Gasteiger partial charge is 0.328 e. The highest BCUT2D eigenvalue weighted by Crippen LogP contribution is 2.30. The minimum Gasteiger partial charge on any atom is -0.328 e. The van der Waals surface area contributed by atoms with Crippen LogP contribution in [0.3, 0.4) is 0 Å². The molecule has 1 fully saturated rings. The summed E-state index contributed by atoms with van der Waals surface area (Å²) < 4.78 is 0. The molecule has 0 aromatic rings. The van der Waals surface area contributed by atoms with Crippen molar-refractivity contribution in [3.05, 3.63) is 0 Å². The molecule has 1 heteroatoms. The highest BCUT2D eigenvalue weighted by Gasteiger charge is 2.23. The van der Waals surface area contributed by atoms with Gasteiger partial charge in [0.2, 0.25) is 0 Å². The van der Waals surface area contributed by atoms with Crippen molar-refractivity contribution in [3.63, 3.8) is 0 Å². The Kier molecular flexibility index (Phi) is 2.72. The molecule has 0 aliphatic heterocycles. The van der Waals surface area contributed by atoms with E-state index in [1.807, 2.05) is 0 Å². The number of hydrogen-bond donors (Lipinski definition) is 1. The lowest BCUT2D eigenvalue weighted by Gasteiger charge is -2.31. The normalized spacial score (nSPS) is 37.5. The molecule has 0 heterocycles. The average Bonchev–Trinajstić information content (AvgIpc) is 1.88. The van der Waals surface area contributed by atoms with Gasteiger partial charge in [0, 0.05) is 6.04 Å².